The molecule has 0 aromatic heterocycles. The van der Waals surface area contributed by atoms with E-state index in [0.717, 1.165) is 13.1 Å². The van der Waals surface area contributed by atoms with Crippen LogP contribution in [-0.4, -0.2) is 19.3 Å². The molecule has 0 amide bonds. The van der Waals surface area contributed by atoms with Gasteiger partial charge in [0.1, 0.15) is 0 Å². The van der Waals surface area contributed by atoms with E-state index in [-0.39, 0.29) is 0 Å². The van der Waals surface area contributed by atoms with E-state index in [9.17, 15) is 0 Å². The van der Waals surface area contributed by atoms with Crippen LogP contribution in [0.2, 0.25) is 0 Å². The summed E-state index contributed by atoms with van der Waals surface area (Å²) < 4.78 is 0. The second-order valence-corrected chi connectivity index (χ2v) is 4.82. The number of rotatable bonds is 5. The van der Waals surface area contributed by atoms with Crippen LogP contribution in [0.25, 0.3) is 0 Å². The third-order valence-electron chi connectivity index (χ3n) is 2.84. The van der Waals surface area contributed by atoms with Crippen molar-refractivity contribution >= 4 is 17.4 Å². The number of thioether (sulfide) groups is 1. The quantitative estimate of drug-likeness (QED) is 0.743. The maximum absolute atomic E-state index is 2.37. The first kappa shape index (κ1) is 12.4. The minimum absolute atomic E-state index is 0.593. The van der Waals surface area contributed by atoms with E-state index in [4.69, 9.17) is 0 Å². The van der Waals surface area contributed by atoms with Gasteiger partial charge in [-0.25, -0.2) is 0 Å². The van der Waals surface area contributed by atoms with Gasteiger partial charge in [0.25, 0.3) is 0 Å². The molecule has 1 aromatic carbocycles. The molecule has 15 heavy (non-hydrogen) atoms. The third kappa shape index (κ3) is 3.16. The molecule has 0 bridgehead atoms. The fraction of sp³-hybridized carbons (Fsp3) is 0.538. The summed E-state index contributed by atoms with van der Waals surface area (Å²) in [6.45, 7) is 8.79. The highest BCUT2D eigenvalue weighted by Crippen LogP contribution is 2.27. The zero-order valence-corrected chi connectivity index (χ0v) is 11.0. The number of anilines is 1. The monoisotopic (exact) mass is 223 g/mol. The van der Waals surface area contributed by atoms with Crippen molar-refractivity contribution in [3.8, 4) is 0 Å². The summed E-state index contributed by atoms with van der Waals surface area (Å²) in [5.41, 5.74) is 2.75. The van der Waals surface area contributed by atoms with Crippen molar-refractivity contribution < 1.29 is 0 Å². The van der Waals surface area contributed by atoms with E-state index >= 15 is 0 Å². The molecule has 1 aromatic rings. The van der Waals surface area contributed by atoms with Crippen LogP contribution in [0.1, 0.15) is 31.6 Å². The molecule has 0 spiro atoms. The fourth-order valence-electron chi connectivity index (χ4n) is 1.68. The van der Waals surface area contributed by atoms with Crippen molar-refractivity contribution in [3.05, 3.63) is 29.8 Å². The third-order valence-corrected chi connectivity index (χ3v) is 3.82. The highest BCUT2D eigenvalue weighted by Gasteiger charge is 2.05. The largest absolute Gasteiger partial charge is 0.372 e. The minimum Gasteiger partial charge on any atom is -0.372 e. The average Bonchev–Trinajstić information content (AvgIpc) is 2.30. The lowest BCUT2D eigenvalue weighted by Crippen LogP contribution is -2.21. The Hall–Kier alpha value is -0.630. The second-order valence-electron chi connectivity index (χ2n) is 3.64. The Labute approximate surface area is 97.9 Å². The molecule has 0 aliphatic heterocycles. The number of hydrogen-bond donors (Lipinski definition) is 0. The van der Waals surface area contributed by atoms with Gasteiger partial charge in [-0.3, -0.25) is 0 Å². The zero-order chi connectivity index (χ0) is 11.3. The zero-order valence-electron chi connectivity index (χ0n) is 10.2. The van der Waals surface area contributed by atoms with Gasteiger partial charge in [0.2, 0.25) is 0 Å². The minimum atomic E-state index is 0.593. The molecule has 0 fully saturated rings. The van der Waals surface area contributed by atoms with Gasteiger partial charge in [-0.15, -0.1) is 0 Å². The molecule has 1 nitrogen and oxygen atoms in total. The van der Waals surface area contributed by atoms with E-state index in [0.29, 0.717) is 5.25 Å². The van der Waals surface area contributed by atoms with Gasteiger partial charge in [-0.05, 0) is 44.7 Å². The Balaban J connectivity index is 2.79. The molecular formula is C13H21NS. The molecule has 2 heteroatoms. The molecule has 1 rings (SSSR count). The Morgan fingerprint density at radius 2 is 1.67 bits per heavy atom. The standard InChI is InChI=1S/C13H21NS/c1-5-14(6-2)13-9-7-12(8-10-13)11(3)15-4/h7-11H,5-6H2,1-4H3. The van der Waals surface area contributed by atoms with Gasteiger partial charge >= 0.3 is 0 Å². The average molecular weight is 223 g/mol. The van der Waals surface area contributed by atoms with Crippen molar-refractivity contribution in [1.29, 1.82) is 0 Å². The van der Waals surface area contributed by atoms with Crippen LogP contribution in [0.3, 0.4) is 0 Å². The summed E-state index contributed by atoms with van der Waals surface area (Å²) in [5.74, 6) is 0. The van der Waals surface area contributed by atoms with Gasteiger partial charge in [0.15, 0.2) is 0 Å². The summed E-state index contributed by atoms with van der Waals surface area (Å²) in [6.07, 6.45) is 2.16. The van der Waals surface area contributed by atoms with Crippen molar-refractivity contribution in [2.75, 3.05) is 24.2 Å². The summed E-state index contributed by atoms with van der Waals surface area (Å²) in [7, 11) is 0. The number of hydrogen-bond acceptors (Lipinski definition) is 2. The van der Waals surface area contributed by atoms with Crippen LogP contribution in [0.4, 0.5) is 5.69 Å². The van der Waals surface area contributed by atoms with E-state index in [1.165, 1.54) is 11.3 Å². The lowest BCUT2D eigenvalue weighted by molar-refractivity contribution is 0.865. The molecule has 0 aliphatic carbocycles. The van der Waals surface area contributed by atoms with Crippen molar-refractivity contribution in [2.24, 2.45) is 0 Å². The van der Waals surface area contributed by atoms with Crippen LogP contribution in [0.15, 0.2) is 24.3 Å². The Kier molecular flexibility index (Phi) is 5.03. The predicted octanol–water partition coefficient (Wildman–Crippen LogP) is 3.96. The van der Waals surface area contributed by atoms with Gasteiger partial charge in [-0.1, -0.05) is 12.1 Å². The lowest BCUT2D eigenvalue weighted by atomic mass is 10.1. The molecule has 0 N–H and O–H groups in total. The van der Waals surface area contributed by atoms with E-state index < -0.39 is 0 Å². The molecule has 0 saturated carbocycles. The molecule has 0 heterocycles. The molecule has 0 aliphatic rings. The number of nitrogens with zero attached hydrogens (tertiary/aromatic N) is 1. The SMILES string of the molecule is CCN(CC)c1ccc(C(C)SC)cc1. The highest BCUT2D eigenvalue weighted by atomic mass is 32.2. The first-order valence-electron chi connectivity index (χ1n) is 5.60. The van der Waals surface area contributed by atoms with Gasteiger partial charge < -0.3 is 4.90 Å². The smallest absolute Gasteiger partial charge is 0.0366 e. The van der Waals surface area contributed by atoms with Crippen LogP contribution >= 0.6 is 11.8 Å². The van der Waals surface area contributed by atoms with Crippen molar-refractivity contribution in [3.63, 3.8) is 0 Å². The summed E-state index contributed by atoms with van der Waals surface area (Å²) in [5, 5.41) is 0.593. The van der Waals surface area contributed by atoms with Crippen LogP contribution in [-0.2, 0) is 0 Å². The summed E-state index contributed by atoms with van der Waals surface area (Å²) in [4.78, 5) is 2.37. The van der Waals surface area contributed by atoms with E-state index in [1.807, 2.05) is 11.8 Å². The van der Waals surface area contributed by atoms with Crippen LogP contribution < -0.4 is 4.90 Å². The Morgan fingerprint density at radius 1 is 1.13 bits per heavy atom. The normalized spacial score (nSPS) is 12.5. The van der Waals surface area contributed by atoms with Crippen molar-refractivity contribution in [2.45, 2.75) is 26.0 Å². The molecule has 84 valence electrons. The molecular weight excluding hydrogens is 202 g/mol. The number of benzene rings is 1. The topological polar surface area (TPSA) is 3.24 Å². The summed E-state index contributed by atoms with van der Waals surface area (Å²) in [6, 6.07) is 8.95. The molecule has 0 radical (unpaired) electrons. The second kappa shape index (κ2) is 6.06. The Bertz CT molecular complexity index is 277. The van der Waals surface area contributed by atoms with Gasteiger partial charge in [-0.2, -0.15) is 11.8 Å². The first-order chi connectivity index (χ1) is 7.22. The fourth-order valence-corrected chi connectivity index (χ4v) is 2.11. The summed E-state index contributed by atoms with van der Waals surface area (Å²) >= 11 is 1.89. The lowest BCUT2D eigenvalue weighted by Gasteiger charge is -2.21. The highest BCUT2D eigenvalue weighted by molar-refractivity contribution is 7.98. The van der Waals surface area contributed by atoms with E-state index in [2.05, 4.69) is 56.2 Å². The van der Waals surface area contributed by atoms with E-state index in [1.54, 1.807) is 0 Å². The molecule has 1 unspecified atom stereocenters. The first-order valence-corrected chi connectivity index (χ1v) is 6.89. The van der Waals surface area contributed by atoms with Crippen LogP contribution in [0.5, 0.6) is 0 Å². The maximum atomic E-state index is 2.37. The van der Waals surface area contributed by atoms with Crippen molar-refractivity contribution in [1.82, 2.24) is 0 Å². The van der Waals surface area contributed by atoms with Gasteiger partial charge in [0.05, 0.1) is 0 Å². The van der Waals surface area contributed by atoms with Crippen LogP contribution in [0, 0.1) is 0 Å². The Morgan fingerprint density at radius 3 is 2.07 bits per heavy atom. The van der Waals surface area contributed by atoms with Gasteiger partial charge in [0, 0.05) is 24.0 Å². The molecule has 1 atom stereocenters. The molecule has 0 saturated heterocycles. The maximum Gasteiger partial charge on any atom is 0.0366 e. The predicted molar refractivity (Wildman–Crippen MR) is 71.9 cm³/mol.